The van der Waals surface area contributed by atoms with Gasteiger partial charge in [-0.2, -0.15) is 0 Å². The van der Waals surface area contributed by atoms with Gasteiger partial charge in [-0.3, -0.25) is 4.79 Å². The number of aliphatic hydroxyl groups excluding tert-OH is 5. The van der Waals surface area contributed by atoms with Gasteiger partial charge in [-0.1, -0.05) is 12.2 Å². The molecule has 6 unspecified atom stereocenters. The van der Waals surface area contributed by atoms with Gasteiger partial charge in [0.05, 0.1) is 30.8 Å². The van der Waals surface area contributed by atoms with E-state index in [1.54, 1.807) is 12.2 Å². The van der Waals surface area contributed by atoms with Gasteiger partial charge in [-0.25, -0.2) is 0 Å². The molecule has 14 atom stereocenters. The standard InChI is InChI=1S/C22H42N6O10/c23-4-3-12(30)20(34)28-11-5-10(26)18(37-21-9(25)2-1-8(6-24)35-21)17(33)19(11)38-22-16(32)14(27)15(31)13(7-29)36-22/h1-2,8-19,21-22,29-33H,3-7,23-27H2,(H,28,34)/t8?,9?,10-,11+,12-,13?,14-,15+,16?,17?,18?,19-,21+,22+/m0/s1. The van der Waals surface area contributed by atoms with Gasteiger partial charge in [0, 0.05) is 12.6 Å². The van der Waals surface area contributed by atoms with Crippen LogP contribution in [-0.2, 0) is 23.7 Å². The Balaban J connectivity index is 1.83. The lowest BCUT2D eigenvalue weighted by Crippen LogP contribution is -2.69. The van der Waals surface area contributed by atoms with E-state index >= 15 is 0 Å². The number of aliphatic hydroxyl groups is 5. The first-order valence-corrected chi connectivity index (χ1v) is 12.6. The average Bonchev–Trinajstić information content (AvgIpc) is 2.89. The summed E-state index contributed by atoms with van der Waals surface area (Å²) in [6, 6.07) is -3.77. The Hall–Kier alpha value is -1.35. The maximum atomic E-state index is 12.6. The topological polar surface area (TPSA) is 297 Å². The van der Waals surface area contributed by atoms with Crippen molar-refractivity contribution in [3.63, 3.8) is 0 Å². The van der Waals surface area contributed by atoms with Crippen LogP contribution in [0.3, 0.4) is 0 Å². The van der Waals surface area contributed by atoms with E-state index in [4.69, 9.17) is 47.6 Å². The van der Waals surface area contributed by atoms with E-state index in [9.17, 15) is 30.3 Å². The highest BCUT2D eigenvalue weighted by Crippen LogP contribution is 2.31. The Bertz CT molecular complexity index is 796. The predicted octanol–water partition coefficient (Wildman–Crippen LogP) is -6.62. The fourth-order valence-corrected chi connectivity index (χ4v) is 4.75. The lowest BCUT2D eigenvalue weighted by molar-refractivity contribution is -0.312. The van der Waals surface area contributed by atoms with Crippen molar-refractivity contribution >= 4 is 5.91 Å². The first-order chi connectivity index (χ1) is 18.0. The van der Waals surface area contributed by atoms with Crippen molar-refractivity contribution in [2.75, 3.05) is 19.7 Å². The van der Waals surface area contributed by atoms with E-state index < -0.39 is 98.1 Å². The fourth-order valence-electron chi connectivity index (χ4n) is 4.75. The minimum atomic E-state index is -1.56. The molecule has 16 heteroatoms. The maximum absolute atomic E-state index is 12.6. The van der Waals surface area contributed by atoms with E-state index in [0.717, 1.165) is 0 Å². The molecule has 1 aliphatic carbocycles. The zero-order chi connectivity index (χ0) is 28.1. The highest BCUT2D eigenvalue weighted by Gasteiger charge is 2.51. The predicted molar refractivity (Wildman–Crippen MR) is 131 cm³/mol. The summed E-state index contributed by atoms with van der Waals surface area (Å²) < 4.78 is 23.1. The second-order valence-electron chi connectivity index (χ2n) is 9.82. The lowest BCUT2D eigenvalue weighted by atomic mass is 9.83. The van der Waals surface area contributed by atoms with E-state index in [0.29, 0.717) is 0 Å². The zero-order valence-electron chi connectivity index (χ0n) is 20.9. The Morgan fingerprint density at radius 2 is 1.68 bits per heavy atom. The van der Waals surface area contributed by atoms with Crippen LogP contribution in [0.2, 0.25) is 0 Å². The molecule has 0 bridgehead atoms. The van der Waals surface area contributed by atoms with Gasteiger partial charge in [-0.15, -0.1) is 0 Å². The maximum Gasteiger partial charge on any atom is 0.249 e. The van der Waals surface area contributed by atoms with Gasteiger partial charge in [0.2, 0.25) is 5.91 Å². The molecule has 0 spiro atoms. The molecule has 3 rings (SSSR count). The average molecular weight is 551 g/mol. The number of carbonyl (C=O) groups is 1. The summed E-state index contributed by atoms with van der Waals surface area (Å²) >= 11 is 0. The Kier molecular flexibility index (Phi) is 11.3. The van der Waals surface area contributed by atoms with Crippen LogP contribution in [0.5, 0.6) is 0 Å². The van der Waals surface area contributed by atoms with Crippen LogP contribution in [0.1, 0.15) is 12.8 Å². The van der Waals surface area contributed by atoms with Crippen molar-refractivity contribution in [3.05, 3.63) is 12.2 Å². The Morgan fingerprint density at radius 3 is 2.32 bits per heavy atom. The van der Waals surface area contributed by atoms with Crippen molar-refractivity contribution in [1.82, 2.24) is 5.32 Å². The molecular formula is C22H42N6O10. The Labute approximate surface area is 220 Å². The number of hydrogen-bond donors (Lipinski definition) is 11. The van der Waals surface area contributed by atoms with Crippen molar-refractivity contribution in [2.24, 2.45) is 28.7 Å². The molecule has 2 heterocycles. The first-order valence-electron chi connectivity index (χ1n) is 12.6. The number of carbonyl (C=O) groups excluding carboxylic acids is 1. The molecule has 0 aromatic rings. The third-order valence-electron chi connectivity index (χ3n) is 7.01. The lowest BCUT2D eigenvalue weighted by Gasteiger charge is -2.48. The van der Waals surface area contributed by atoms with Gasteiger partial charge >= 0.3 is 0 Å². The van der Waals surface area contributed by atoms with Crippen LogP contribution >= 0.6 is 0 Å². The van der Waals surface area contributed by atoms with Crippen LogP contribution < -0.4 is 34.0 Å². The highest BCUT2D eigenvalue weighted by molar-refractivity contribution is 5.80. The number of ether oxygens (including phenoxy) is 4. The van der Waals surface area contributed by atoms with Crippen LogP contribution in [0.15, 0.2) is 12.2 Å². The summed E-state index contributed by atoms with van der Waals surface area (Å²) in [6.45, 7) is -0.395. The molecule has 2 fully saturated rings. The summed E-state index contributed by atoms with van der Waals surface area (Å²) in [5.74, 6) is -0.771. The summed E-state index contributed by atoms with van der Waals surface area (Å²) in [7, 11) is 0. The third kappa shape index (κ3) is 7.04. The minimum Gasteiger partial charge on any atom is -0.394 e. The number of hydrogen-bond acceptors (Lipinski definition) is 15. The van der Waals surface area contributed by atoms with Gasteiger partial charge in [-0.05, 0) is 19.4 Å². The summed E-state index contributed by atoms with van der Waals surface area (Å²) in [5, 5.41) is 54.3. The normalized spacial score (nSPS) is 44.5. The SMILES string of the molecule is NCC[C@H](O)C(=O)N[C@@H]1C[C@H](N)C(O[C@H]2OC(CN)C=CC2N)C(O)[C@H]1O[C@H]1OC(CO)[C@@H](O)[C@H](N)C1O. The number of rotatable bonds is 10. The molecule has 16 nitrogen and oxygen atoms in total. The van der Waals surface area contributed by atoms with Crippen molar-refractivity contribution < 1.29 is 49.3 Å². The second kappa shape index (κ2) is 13.8. The van der Waals surface area contributed by atoms with E-state index in [-0.39, 0.29) is 25.9 Å². The smallest absolute Gasteiger partial charge is 0.249 e. The molecule has 1 saturated heterocycles. The molecule has 16 N–H and O–H groups in total. The monoisotopic (exact) mass is 550 g/mol. The van der Waals surface area contributed by atoms with Gasteiger partial charge in [0.1, 0.15) is 42.7 Å². The molecule has 0 radical (unpaired) electrons. The van der Waals surface area contributed by atoms with Crippen LogP contribution in [0, 0.1) is 0 Å². The zero-order valence-corrected chi connectivity index (χ0v) is 20.9. The van der Waals surface area contributed by atoms with Crippen LogP contribution in [0.4, 0.5) is 0 Å². The highest BCUT2D eigenvalue weighted by atomic mass is 16.7. The van der Waals surface area contributed by atoms with Gasteiger partial charge in [0.25, 0.3) is 0 Å². The summed E-state index contributed by atoms with van der Waals surface area (Å²) in [4.78, 5) is 12.6. The summed E-state index contributed by atoms with van der Waals surface area (Å²) in [5.41, 5.74) is 29.4. The molecule has 2 aliphatic heterocycles. The van der Waals surface area contributed by atoms with Crippen molar-refractivity contribution in [2.45, 2.75) is 98.4 Å². The number of amides is 1. The molecule has 220 valence electrons. The minimum absolute atomic E-state index is 0.00646. The van der Waals surface area contributed by atoms with Crippen LogP contribution in [-0.4, -0.2) is 137 Å². The van der Waals surface area contributed by atoms with Gasteiger partial charge < -0.3 is 78.5 Å². The van der Waals surface area contributed by atoms with Gasteiger partial charge in [0.15, 0.2) is 12.6 Å². The third-order valence-corrected chi connectivity index (χ3v) is 7.01. The number of nitrogens with one attached hydrogen (secondary N) is 1. The molecule has 1 saturated carbocycles. The van der Waals surface area contributed by atoms with Crippen LogP contribution in [0.25, 0.3) is 0 Å². The van der Waals surface area contributed by atoms with Crippen molar-refractivity contribution in [3.8, 4) is 0 Å². The molecule has 0 aromatic heterocycles. The quantitative estimate of drug-likeness (QED) is 0.113. The van der Waals surface area contributed by atoms with E-state index in [1.165, 1.54) is 0 Å². The molecule has 1 amide bonds. The fraction of sp³-hybridized carbons (Fsp3) is 0.864. The van der Waals surface area contributed by atoms with Crippen molar-refractivity contribution in [1.29, 1.82) is 0 Å². The Morgan fingerprint density at radius 1 is 1.00 bits per heavy atom. The van der Waals surface area contributed by atoms with E-state index in [1.807, 2.05) is 0 Å². The molecular weight excluding hydrogens is 508 g/mol. The second-order valence-corrected chi connectivity index (χ2v) is 9.82. The molecule has 38 heavy (non-hydrogen) atoms. The summed E-state index contributed by atoms with van der Waals surface area (Å²) in [6.07, 6.45) is -9.11. The van der Waals surface area contributed by atoms with E-state index in [2.05, 4.69) is 5.32 Å². The molecule has 0 aromatic carbocycles. The largest absolute Gasteiger partial charge is 0.394 e. The first kappa shape index (κ1) is 31.2. The number of nitrogens with two attached hydrogens (primary N) is 5. The molecule has 3 aliphatic rings.